The van der Waals surface area contributed by atoms with Crippen LogP contribution < -0.4 is 20.1 Å². The maximum Gasteiger partial charge on any atom is 0.261 e. The second kappa shape index (κ2) is 15.2. The van der Waals surface area contributed by atoms with Gasteiger partial charge in [-0.25, -0.2) is 0 Å². The van der Waals surface area contributed by atoms with Gasteiger partial charge in [0, 0.05) is 26.2 Å². The molecule has 1 fully saturated rings. The van der Waals surface area contributed by atoms with E-state index in [0.717, 1.165) is 54.8 Å². The Bertz CT molecular complexity index is 1270. The van der Waals surface area contributed by atoms with Crippen molar-refractivity contribution in [3.8, 4) is 11.5 Å². The van der Waals surface area contributed by atoms with Crippen molar-refractivity contribution in [1.29, 1.82) is 0 Å². The maximum atomic E-state index is 13.5. The lowest BCUT2D eigenvalue weighted by atomic mass is 10.1. The summed E-state index contributed by atoms with van der Waals surface area (Å²) < 4.78 is 11.7. The summed E-state index contributed by atoms with van der Waals surface area (Å²) in [6.07, 6.45) is 3.37. The van der Waals surface area contributed by atoms with Crippen molar-refractivity contribution in [3.63, 3.8) is 0 Å². The zero-order valence-electron chi connectivity index (χ0n) is 24.6. The molecule has 0 bridgehead atoms. The van der Waals surface area contributed by atoms with Crippen LogP contribution in [0.3, 0.4) is 0 Å². The summed E-state index contributed by atoms with van der Waals surface area (Å²) in [7, 11) is 0. The van der Waals surface area contributed by atoms with E-state index in [1.165, 1.54) is 11.1 Å². The molecule has 2 amide bonds. The lowest BCUT2D eigenvalue weighted by Gasteiger charge is -2.30. The van der Waals surface area contributed by atoms with Crippen LogP contribution in [0.15, 0.2) is 66.7 Å². The van der Waals surface area contributed by atoms with Gasteiger partial charge in [0.05, 0.1) is 6.61 Å². The van der Waals surface area contributed by atoms with E-state index in [-0.39, 0.29) is 18.4 Å². The van der Waals surface area contributed by atoms with E-state index in [4.69, 9.17) is 9.47 Å². The van der Waals surface area contributed by atoms with Crippen LogP contribution in [0, 0.1) is 13.8 Å². The van der Waals surface area contributed by atoms with Gasteiger partial charge in [0.2, 0.25) is 5.91 Å². The molecule has 4 rings (SSSR count). The fraction of sp³-hybridized carbons (Fsp3) is 0.412. The molecule has 1 atom stereocenters. The molecule has 218 valence electrons. The first-order valence-electron chi connectivity index (χ1n) is 14.7. The Hall–Kier alpha value is -3.84. The molecule has 0 aromatic heterocycles. The molecule has 0 aliphatic carbocycles. The molecule has 7 nitrogen and oxygen atoms in total. The van der Waals surface area contributed by atoms with Crippen LogP contribution in [0.1, 0.15) is 60.4 Å². The Morgan fingerprint density at radius 1 is 0.927 bits per heavy atom. The van der Waals surface area contributed by atoms with Gasteiger partial charge < -0.3 is 25.0 Å². The molecule has 1 aliphatic heterocycles. The van der Waals surface area contributed by atoms with E-state index in [0.29, 0.717) is 31.9 Å². The zero-order chi connectivity index (χ0) is 29.0. The van der Waals surface area contributed by atoms with Crippen molar-refractivity contribution < 1.29 is 19.1 Å². The van der Waals surface area contributed by atoms with Crippen molar-refractivity contribution in [2.24, 2.45) is 0 Å². The van der Waals surface area contributed by atoms with Crippen LogP contribution in [0.4, 0.5) is 0 Å². The van der Waals surface area contributed by atoms with Crippen LogP contribution in [0.25, 0.3) is 0 Å². The highest BCUT2D eigenvalue weighted by Gasteiger charge is 2.31. The van der Waals surface area contributed by atoms with Gasteiger partial charge in [0.15, 0.2) is 6.61 Å². The number of carbonyl (C=O) groups excluding carboxylic acids is 2. The normalized spacial score (nSPS) is 15.1. The van der Waals surface area contributed by atoms with Crippen LogP contribution in [-0.2, 0) is 29.2 Å². The molecule has 0 saturated carbocycles. The molecule has 2 N–H and O–H groups in total. The number of ether oxygens (including phenoxy) is 2. The van der Waals surface area contributed by atoms with Crippen LogP contribution in [-0.4, -0.2) is 42.5 Å². The van der Waals surface area contributed by atoms with Crippen molar-refractivity contribution in [3.05, 3.63) is 94.5 Å². The number of hydrogen-bond acceptors (Lipinski definition) is 5. The average Bonchev–Trinajstić information content (AvgIpc) is 3.20. The number of nitrogens with one attached hydrogen (secondary N) is 2. The van der Waals surface area contributed by atoms with Crippen LogP contribution >= 0.6 is 0 Å². The number of carbonyl (C=O) groups is 2. The first-order valence-corrected chi connectivity index (χ1v) is 14.7. The third kappa shape index (κ3) is 9.08. The Morgan fingerprint density at radius 2 is 1.61 bits per heavy atom. The summed E-state index contributed by atoms with van der Waals surface area (Å²) in [5.74, 6) is 1.16. The highest BCUT2D eigenvalue weighted by Crippen LogP contribution is 2.23. The zero-order valence-corrected chi connectivity index (χ0v) is 24.6. The highest BCUT2D eigenvalue weighted by atomic mass is 16.5. The van der Waals surface area contributed by atoms with Gasteiger partial charge in [-0.2, -0.15) is 0 Å². The molecule has 1 aliphatic rings. The SMILES string of the molecule is CCCOc1ccc(CN(C(=O)COc2ccc(CNCc3ccc(C)cc3)cc2)[C@H]2CCCCNC2=O)cc1C. The third-order valence-corrected chi connectivity index (χ3v) is 7.32. The molecular weight excluding hydrogens is 514 g/mol. The number of amides is 2. The van der Waals surface area contributed by atoms with E-state index < -0.39 is 6.04 Å². The quantitative estimate of drug-likeness (QED) is 0.292. The summed E-state index contributed by atoms with van der Waals surface area (Å²) in [6, 6.07) is 21.7. The average molecular weight is 558 g/mol. The number of nitrogens with zero attached hydrogens (tertiary/aromatic N) is 1. The summed E-state index contributed by atoms with van der Waals surface area (Å²) in [4.78, 5) is 28.1. The van der Waals surface area contributed by atoms with Crippen molar-refractivity contribution in [2.75, 3.05) is 19.8 Å². The number of aryl methyl sites for hydroxylation is 2. The summed E-state index contributed by atoms with van der Waals surface area (Å²) >= 11 is 0. The molecular formula is C34H43N3O4. The molecule has 0 unspecified atom stereocenters. The first kappa shape index (κ1) is 30.1. The number of benzene rings is 3. The standard InChI is InChI=1S/C34H43N3O4/c1-4-19-40-32-17-14-29(20-26(32)3)23-37(31-7-5-6-18-36-34(31)39)33(38)24-41-30-15-12-28(13-16-30)22-35-21-27-10-8-25(2)9-11-27/h8-17,20,31,35H,4-7,18-19,21-24H2,1-3H3,(H,36,39)/t31-/m0/s1. The van der Waals surface area contributed by atoms with E-state index in [9.17, 15) is 9.59 Å². The van der Waals surface area contributed by atoms with E-state index >= 15 is 0 Å². The smallest absolute Gasteiger partial charge is 0.261 e. The summed E-state index contributed by atoms with van der Waals surface area (Å²) in [5, 5.41) is 6.43. The van der Waals surface area contributed by atoms with Crippen LogP contribution in [0.2, 0.25) is 0 Å². The molecule has 0 radical (unpaired) electrons. The highest BCUT2D eigenvalue weighted by molar-refractivity contribution is 5.88. The van der Waals surface area contributed by atoms with Gasteiger partial charge >= 0.3 is 0 Å². The minimum absolute atomic E-state index is 0.0991. The predicted octanol–water partition coefficient (Wildman–Crippen LogP) is 5.46. The van der Waals surface area contributed by atoms with Crippen LogP contribution in [0.5, 0.6) is 11.5 Å². The maximum absolute atomic E-state index is 13.5. The molecule has 7 heteroatoms. The Morgan fingerprint density at radius 3 is 2.29 bits per heavy atom. The van der Waals surface area contributed by atoms with Gasteiger partial charge in [0.1, 0.15) is 17.5 Å². The molecule has 0 spiro atoms. The van der Waals surface area contributed by atoms with Gasteiger partial charge in [0.25, 0.3) is 5.91 Å². The van der Waals surface area contributed by atoms with Crippen molar-refractivity contribution in [2.45, 2.75) is 72.1 Å². The fourth-order valence-corrected chi connectivity index (χ4v) is 4.96. The summed E-state index contributed by atoms with van der Waals surface area (Å²) in [5.41, 5.74) is 5.61. The van der Waals surface area contributed by atoms with Crippen molar-refractivity contribution in [1.82, 2.24) is 15.5 Å². The second-order valence-corrected chi connectivity index (χ2v) is 10.8. The molecule has 41 heavy (non-hydrogen) atoms. The molecule has 1 saturated heterocycles. The minimum Gasteiger partial charge on any atom is -0.493 e. The van der Waals surface area contributed by atoms with E-state index in [1.54, 1.807) is 4.90 Å². The second-order valence-electron chi connectivity index (χ2n) is 10.8. The monoisotopic (exact) mass is 557 g/mol. The third-order valence-electron chi connectivity index (χ3n) is 7.32. The van der Waals surface area contributed by atoms with Gasteiger partial charge in [-0.05, 0) is 80.0 Å². The molecule has 1 heterocycles. The Kier molecular flexibility index (Phi) is 11.2. The Labute approximate surface area is 244 Å². The van der Waals surface area contributed by atoms with Gasteiger partial charge in [-0.15, -0.1) is 0 Å². The summed E-state index contributed by atoms with van der Waals surface area (Å²) in [6.45, 7) is 9.20. The van der Waals surface area contributed by atoms with Gasteiger partial charge in [-0.3, -0.25) is 9.59 Å². The molecule has 3 aromatic rings. The van der Waals surface area contributed by atoms with E-state index in [2.05, 4.69) is 48.7 Å². The Balaban J connectivity index is 1.36. The fourth-order valence-electron chi connectivity index (χ4n) is 4.96. The number of rotatable bonds is 13. The minimum atomic E-state index is -0.521. The topological polar surface area (TPSA) is 79.9 Å². The lowest BCUT2D eigenvalue weighted by molar-refractivity contribution is -0.142. The predicted molar refractivity (Wildman–Crippen MR) is 162 cm³/mol. The number of hydrogen-bond donors (Lipinski definition) is 2. The largest absolute Gasteiger partial charge is 0.493 e. The van der Waals surface area contributed by atoms with Gasteiger partial charge in [-0.1, -0.05) is 61.0 Å². The van der Waals surface area contributed by atoms with E-state index in [1.807, 2.05) is 49.4 Å². The van der Waals surface area contributed by atoms with Crippen molar-refractivity contribution >= 4 is 11.8 Å². The molecule has 3 aromatic carbocycles. The lowest BCUT2D eigenvalue weighted by Crippen LogP contribution is -2.49. The first-order chi connectivity index (χ1) is 19.9.